The zero-order valence-electron chi connectivity index (χ0n) is 16.3. The van der Waals surface area contributed by atoms with Crippen LogP contribution in [0.5, 0.6) is 0 Å². The quantitative estimate of drug-likeness (QED) is 0.604. The van der Waals surface area contributed by atoms with E-state index in [2.05, 4.69) is 39.3 Å². The van der Waals surface area contributed by atoms with Crippen molar-refractivity contribution in [3.05, 3.63) is 53.0 Å². The van der Waals surface area contributed by atoms with Gasteiger partial charge in [0, 0.05) is 20.3 Å². The van der Waals surface area contributed by atoms with Crippen LogP contribution in [0.15, 0.2) is 24.3 Å². The van der Waals surface area contributed by atoms with Gasteiger partial charge in [-0.15, -0.1) is 0 Å². The molecule has 140 valence electrons. The van der Waals surface area contributed by atoms with Gasteiger partial charge in [-0.1, -0.05) is 32.1 Å². The standard InChI is InChI=1S/C22H28O4/c1-14(2)18-12-11-15(3)19-9-7-6-8-10-21(25-16(4)23)22(13-20(18)19)26-17(5)24/h8,10-12,14,21-22H,6,9,13H2,1-5H3/b10-8-. The Morgan fingerprint density at radius 1 is 1.12 bits per heavy atom. The highest BCUT2D eigenvalue weighted by Crippen LogP contribution is 2.30. The number of carbonyl (C=O) groups is 2. The zero-order valence-corrected chi connectivity index (χ0v) is 16.3. The first kappa shape index (κ1) is 20.2. The number of allylic oxidation sites excluding steroid dienone is 1. The van der Waals surface area contributed by atoms with Crippen molar-refractivity contribution in [1.29, 1.82) is 0 Å². The van der Waals surface area contributed by atoms with Crippen molar-refractivity contribution in [3.8, 4) is 0 Å². The fourth-order valence-electron chi connectivity index (χ4n) is 3.41. The minimum atomic E-state index is -0.607. The largest absolute Gasteiger partial charge is 0.458 e. The predicted octanol–water partition coefficient (Wildman–Crippen LogP) is 4.11. The van der Waals surface area contributed by atoms with Crippen molar-refractivity contribution in [3.63, 3.8) is 0 Å². The second-order valence-corrected chi connectivity index (χ2v) is 7.07. The maximum Gasteiger partial charge on any atom is 0.303 e. The van der Waals surface area contributed by atoms with Gasteiger partial charge in [0.2, 0.25) is 0 Å². The van der Waals surface area contributed by atoms with Crippen molar-refractivity contribution in [2.45, 2.75) is 72.0 Å². The number of hydrogen-bond donors (Lipinski definition) is 0. The van der Waals surface area contributed by atoms with Crippen molar-refractivity contribution in [2.24, 2.45) is 0 Å². The number of fused-ring (bicyclic) bond motifs is 1. The Hall–Kier alpha value is -2.10. The molecule has 1 aliphatic carbocycles. The molecule has 0 fully saturated rings. The topological polar surface area (TPSA) is 52.6 Å². The summed E-state index contributed by atoms with van der Waals surface area (Å²) in [6.45, 7) is 9.16. The molecule has 2 radical (unpaired) electrons. The Labute approximate surface area is 156 Å². The number of carbonyl (C=O) groups excluding carboxylic acids is 2. The Kier molecular flexibility index (Phi) is 7.01. The van der Waals surface area contributed by atoms with Crippen molar-refractivity contribution in [2.75, 3.05) is 0 Å². The Balaban J connectivity index is 2.53. The maximum absolute atomic E-state index is 11.7. The van der Waals surface area contributed by atoms with Crippen molar-refractivity contribution >= 4 is 11.9 Å². The van der Waals surface area contributed by atoms with Crippen LogP contribution < -0.4 is 0 Å². The zero-order chi connectivity index (χ0) is 19.3. The second kappa shape index (κ2) is 9.02. The van der Waals surface area contributed by atoms with E-state index in [0.29, 0.717) is 18.8 Å². The molecule has 0 N–H and O–H groups in total. The van der Waals surface area contributed by atoms with Gasteiger partial charge in [0.25, 0.3) is 0 Å². The molecule has 0 saturated carbocycles. The average Bonchev–Trinajstić information content (AvgIpc) is 2.53. The molecule has 0 bridgehead atoms. The van der Waals surface area contributed by atoms with Crippen LogP contribution in [0, 0.1) is 13.3 Å². The van der Waals surface area contributed by atoms with Crippen molar-refractivity contribution < 1.29 is 19.1 Å². The molecule has 0 amide bonds. The number of hydrogen-bond acceptors (Lipinski definition) is 4. The molecule has 0 heterocycles. The van der Waals surface area contributed by atoms with Gasteiger partial charge in [-0.3, -0.25) is 9.59 Å². The van der Waals surface area contributed by atoms with Crippen LogP contribution in [0.4, 0.5) is 0 Å². The van der Waals surface area contributed by atoms with Gasteiger partial charge in [-0.25, -0.2) is 0 Å². The second-order valence-electron chi connectivity index (χ2n) is 7.07. The summed E-state index contributed by atoms with van der Waals surface area (Å²) in [7, 11) is 0. The first-order chi connectivity index (χ1) is 12.3. The van der Waals surface area contributed by atoms with Gasteiger partial charge < -0.3 is 9.47 Å². The number of rotatable bonds is 3. The lowest BCUT2D eigenvalue weighted by molar-refractivity contribution is -0.161. The van der Waals surface area contributed by atoms with Gasteiger partial charge in [0.05, 0.1) is 0 Å². The molecular formula is C22H28O4. The van der Waals surface area contributed by atoms with Gasteiger partial charge in [0.1, 0.15) is 6.10 Å². The van der Waals surface area contributed by atoms with E-state index in [1.807, 2.05) is 6.08 Å². The van der Waals surface area contributed by atoms with Gasteiger partial charge in [-0.05, 0) is 60.4 Å². The fourth-order valence-corrected chi connectivity index (χ4v) is 3.41. The van der Waals surface area contributed by atoms with Gasteiger partial charge >= 0.3 is 11.9 Å². The summed E-state index contributed by atoms with van der Waals surface area (Å²) in [6, 6.07) is 4.29. The van der Waals surface area contributed by atoms with Crippen LogP contribution in [-0.2, 0) is 31.9 Å². The summed E-state index contributed by atoms with van der Waals surface area (Å²) < 4.78 is 11.0. The van der Waals surface area contributed by atoms with Crippen LogP contribution in [-0.4, -0.2) is 24.1 Å². The third-order valence-electron chi connectivity index (χ3n) is 4.60. The van der Waals surface area contributed by atoms with Crippen LogP contribution in [0.25, 0.3) is 0 Å². The Bertz CT molecular complexity index is 688. The molecule has 0 spiro atoms. The average molecular weight is 356 g/mol. The fraction of sp³-hybridized carbons (Fsp3) is 0.500. The molecule has 0 aromatic heterocycles. The summed E-state index contributed by atoms with van der Waals surface area (Å²) in [5.41, 5.74) is 4.83. The summed E-state index contributed by atoms with van der Waals surface area (Å²) in [5, 5.41) is 0. The predicted molar refractivity (Wildman–Crippen MR) is 101 cm³/mol. The summed E-state index contributed by atoms with van der Waals surface area (Å²) in [6.07, 6.45) is 7.87. The number of esters is 2. The van der Waals surface area contributed by atoms with E-state index >= 15 is 0 Å². The highest BCUT2D eigenvalue weighted by molar-refractivity contribution is 5.67. The molecule has 4 nitrogen and oxygen atoms in total. The monoisotopic (exact) mass is 356 g/mol. The maximum atomic E-state index is 11.7. The van der Waals surface area contributed by atoms with Gasteiger partial charge in [-0.2, -0.15) is 0 Å². The molecule has 1 aliphatic rings. The SMILES string of the molecule is CC(=O)OC1/C=C\C[C]Cc2c(C)ccc(C(C)C)c2CC1OC(C)=O. The molecule has 0 saturated heterocycles. The molecule has 26 heavy (non-hydrogen) atoms. The highest BCUT2D eigenvalue weighted by Gasteiger charge is 2.28. The van der Waals surface area contributed by atoms with E-state index < -0.39 is 18.2 Å². The van der Waals surface area contributed by atoms with Crippen LogP contribution in [0.1, 0.15) is 62.3 Å². The third kappa shape index (κ3) is 5.20. The van der Waals surface area contributed by atoms with Crippen molar-refractivity contribution in [1.82, 2.24) is 0 Å². The van der Waals surface area contributed by atoms with Crippen LogP contribution in [0.2, 0.25) is 0 Å². The van der Waals surface area contributed by atoms with E-state index in [0.717, 1.165) is 6.42 Å². The molecule has 2 rings (SSSR count). The highest BCUT2D eigenvalue weighted by atomic mass is 16.6. The van der Waals surface area contributed by atoms with E-state index in [4.69, 9.17) is 9.47 Å². The molecule has 1 aromatic rings. The molecule has 2 atom stereocenters. The molecule has 2 unspecified atom stereocenters. The third-order valence-corrected chi connectivity index (χ3v) is 4.60. The summed E-state index contributed by atoms with van der Waals surface area (Å²) >= 11 is 0. The van der Waals surface area contributed by atoms with Crippen LogP contribution in [0.3, 0.4) is 0 Å². The van der Waals surface area contributed by atoms with Gasteiger partial charge in [0.15, 0.2) is 6.10 Å². The van der Waals surface area contributed by atoms with E-state index in [-0.39, 0.29) is 5.97 Å². The summed E-state index contributed by atoms with van der Waals surface area (Å²) in [4.78, 5) is 23.3. The first-order valence-corrected chi connectivity index (χ1v) is 9.12. The first-order valence-electron chi connectivity index (χ1n) is 9.12. The molecule has 4 heteroatoms. The molecule has 0 aliphatic heterocycles. The minimum Gasteiger partial charge on any atom is -0.458 e. The number of benzene rings is 1. The minimum absolute atomic E-state index is 0.341. The smallest absolute Gasteiger partial charge is 0.303 e. The molecular weight excluding hydrogens is 328 g/mol. The lowest BCUT2D eigenvalue weighted by Gasteiger charge is -2.28. The van der Waals surface area contributed by atoms with E-state index in [1.165, 1.54) is 36.1 Å². The van der Waals surface area contributed by atoms with E-state index in [9.17, 15) is 9.59 Å². The normalized spacial score (nSPS) is 21.6. The number of ether oxygens (including phenoxy) is 2. The van der Waals surface area contributed by atoms with E-state index in [1.54, 1.807) is 6.08 Å². The lowest BCUT2D eigenvalue weighted by Crippen LogP contribution is -2.35. The lowest BCUT2D eigenvalue weighted by atomic mass is 9.84. The number of aryl methyl sites for hydroxylation is 1. The Morgan fingerprint density at radius 2 is 1.81 bits per heavy atom. The Morgan fingerprint density at radius 3 is 2.42 bits per heavy atom. The summed E-state index contributed by atoms with van der Waals surface area (Å²) in [5.74, 6) is -0.431. The molecule has 1 aromatic carbocycles. The van der Waals surface area contributed by atoms with Crippen LogP contribution >= 0.6 is 0 Å².